The van der Waals surface area contributed by atoms with Crippen LogP contribution in [0.3, 0.4) is 0 Å². The molecule has 0 bridgehead atoms. The van der Waals surface area contributed by atoms with Crippen LogP contribution in [0.2, 0.25) is 0 Å². The standard InChI is InChI=1S/C15H29N3O/c1-13(2)14-3-8-17(9-4-14)10-5-15(19)18-11-6-16-7-12-18/h13-14,16H,3-12H2,1-2H3. The highest BCUT2D eigenvalue weighted by atomic mass is 16.2. The maximum atomic E-state index is 12.1. The number of carbonyl (C=O) groups excluding carboxylic acids is 1. The van der Waals surface area contributed by atoms with Crippen molar-refractivity contribution in [3.05, 3.63) is 0 Å². The molecule has 2 aliphatic heterocycles. The lowest BCUT2D eigenvalue weighted by Crippen LogP contribution is -2.47. The van der Waals surface area contributed by atoms with Gasteiger partial charge in [-0.25, -0.2) is 0 Å². The summed E-state index contributed by atoms with van der Waals surface area (Å²) in [5.74, 6) is 2.04. The van der Waals surface area contributed by atoms with E-state index in [-0.39, 0.29) is 0 Å². The van der Waals surface area contributed by atoms with Crippen molar-refractivity contribution in [3.8, 4) is 0 Å². The second-order valence-electron chi connectivity index (χ2n) is 6.30. The summed E-state index contributed by atoms with van der Waals surface area (Å²) in [6.45, 7) is 11.6. The Hall–Kier alpha value is -0.610. The lowest BCUT2D eigenvalue weighted by atomic mass is 9.87. The molecule has 0 spiro atoms. The lowest BCUT2D eigenvalue weighted by molar-refractivity contribution is -0.132. The number of hydrogen-bond donors (Lipinski definition) is 1. The van der Waals surface area contributed by atoms with Crippen LogP contribution in [0.25, 0.3) is 0 Å². The van der Waals surface area contributed by atoms with Crippen LogP contribution in [0.1, 0.15) is 33.1 Å². The molecule has 4 heteroatoms. The molecule has 0 atom stereocenters. The van der Waals surface area contributed by atoms with Gasteiger partial charge in [0, 0.05) is 39.1 Å². The quantitative estimate of drug-likeness (QED) is 0.831. The highest BCUT2D eigenvalue weighted by Gasteiger charge is 2.22. The van der Waals surface area contributed by atoms with Crippen LogP contribution in [0.4, 0.5) is 0 Å². The average Bonchev–Trinajstić information content (AvgIpc) is 2.46. The second-order valence-corrected chi connectivity index (χ2v) is 6.30. The van der Waals surface area contributed by atoms with Gasteiger partial charge in [-0.1, -0.05) is 13.8 Å². The van der Waals surface area contributed by atoms with Crippen LogP contribution in [-0.4, -0.2) is 61.5 Å². The maximum absolute atomic E-state index is 12.1. The second kappa shape index (κ2) is 7.25. The predicted molar refractivity (Wildman–Crippen MR) is 78.1 cm³/mol. The first kappa shape index (κ1) is 14.8. The number of piperazine rings is 1. The van der Waals surface area contributed by atoms with Gasteiger partial charge in [0.1, 0.15) is 0 Å². The number of piperidine rings is 1. The molecule has 110 valence electrons. The number of nitrogens with zero attached hydrogens (tertiary/aromatic N) is 2. The van der Waals surface area contributed by atoms with Gasteiger partial charge in [0.25, 0.3) is 0 Å². The molecule has 0 radical (unpaired) electrons. The molecule has 2 heterocycles. The summed E-state index contributed by atoms with van der Waals surface area (Å²) < 4.78 is 0. The van der Waals surface area contributed by atoms with Crippen molar-refractivity contribution < 1.29 is 4.79 Å². The Labute approximate surface area is 117 Å². The molecule has 0 aromatic rings. The van der Waals surface area contributed by atoms with Gasteiger partial charge in [-0.15, -0.1) is 0 Å². The third-order valence-corrected chi connectivity index (χ3v) is 4.69. The minimum Gasteiger partial charge on any atom is -0.340 e. The smallest absolute Gasteiger partial charge is 0.223 e. The van der Waals surface area contributed by atoms with Gasteiger partial charge in [-0.3, -0.25) is 4.79 Å². The third kappa shape index (κ3) is 4.46. The Kier molecular flexibility index (Phi) is 5.64. The van der Waals surface area contributed by atoms with E-state index in [1.54, 1.807) is 0 Å². The van der Waals surface area contributed by atoms with Crippen LogP contribution in [0, 0.1) is 11.8 Å². The summed E-state index contributed by atoms with van der Waals surface area (Å²) in [5.41, 5.74) is 0. The van der Waals surface area contributed by atoms with E-state index < -0.39 is 0 Å². The van der Waals surface area contributed by atoms with Gasteiger partial charge in [0.2, 0.25) is 5.91 Å². The van der Waals surface area contributed by atoms with Crippen molar-refractivity contribution in [1.29, 1.82) is 0 Å². The van der Waals surface area contributed by atoms with Crippen molar-refractivity contribution in [1.82, 2.24) is 15.1 Å². The largest absolute Gasteiger partial charge is 0.340 e. The molecule has 0 aromatic carbocycles. The van der Waals surface area contributed by atoms with E-state index in [9.17, 15) is 4.79 Å². The Bertz CT molecular complexity index is 279. The topological polar surface area (TPSA) is 35.6 Å². The molecule has 2 fully saturated rings. The number of nitrogens with one attached hydrogen (secondary N) is 1. The van der Waals surface area contributed by atoms with Crippen molar-refractivity contribution >= 4 is 5.91 Å². The van der Waals surface area contributed by atoms with Crippen LogP contribution in [-0.2, 0) is 4.79 Å². The van der Waals surface area contributed by atoms with E-state index in [4.69, 9.17) is 0 Å². The van der Waals surface area contributed by atoms with Gasteiger partial charge in [0.15, 0.2) is 0 Å². The molecule has 1 N–H and O–H groups in total. The van der Waals surface area contributed by atoms with Crippen molar-refractivity contribution in [3.63, 3.8) is 0 Å². The van der Waals surface area contributed by atoms with Crippen LogP contribution < -0.4 is 5.32 Å². The number of carbonyl (C=O) groups is 1. The fourth-order valence-corrected chi connectivity index (χ4v) is 3.17. The van der Waals surface area contributed by atoms with Gasteiger partial charge < -0.3 is 15.1 Å². The Balaban J connectivity index is 1.64. The van der Waals surface area contributed by atoms with Crippen LogP contribution in [0.5, 0.6) is 0 Å². The van der Waals surface area contributed by atoms with E-state index in [0.717, 1.165) is 44.6 Å². The van der Waals surface area contributed by atoms with E-state index in [1.807, 2.05) is 4.90 Å². The number of amides is 1. The molecule has 4 nitrogen and oxygen atoms in total. The van der Waals surface area contributed by atoms with Gasteiger partial charge in [-0.05, 0) is 37.8 Å². The van der Waals surface area contributed by atoms with Gasteiger partial charge >= 0.3 is 0 Å². The lowest BCUT2D eigenvalue weighted by Gasteiger charge is -2.34. The van der Waals surface area contributed by atoms with Crippen LogP contribution >= 0.6 is 0 Å². The van der Waals surface area contributed by atoms with E-state index in [0.29, 0.717) is 12.3 Å². The van der Waals surface area contributed by atoms with E-state index in [1.165, 1.54) is 25.9 Å². The number of rotatable bonds is 4. The molecule has 19 heavy (non-hydrogen) atoms. The average molecular weight is 267 g/mol. The molecular weight excluding hydrogens is 238 g/mol. The van der Waals surface area contributed by atoms with E-state index in [2.05, 4.69) is 24.1 Å². The minimum absolute atomic E-state index is 0.340. The SMILES string of the molecule is CC(C)C1CCN(CCC(=O)N2CCNCC2)CC1. The zero-order valence-corrected chi connectivity index (χ0v) is 12.5. The fourth-order valence-electron chi connectivity index (χ4n) is 3.17. The summed E-state index contributed by atoms with van der Waals surface area (Å²) in [5, 5.41) is 3.29. The Morgan fingerprint density at radius 3 is 2.37 bits per heavy atom. The fraction of sp³-hybridized carbons (Fsp3) is 0.933. The first-order valence-corrected chi connectivity index (χ1v) is 7.87. The first-order valence-electron chi connectivity index (χ1n) is 7.87. The summed E-state index contributed by atoms with van der Waals surface area (Å²) in [6.07, 6.45) is 3.31. The van der Waals surface area contributed by atoms with Crippen molar-refractivity contribution in [2.75, 3.05) is 45.8 Å². The van der Waals surface area contributed by atoms with Crippen molar-refractivity contribution in [2.24, 2.45) is 11.8 Å². The minimum atomic E-state index is 0.340. The monoisotopic (exact) mass is 267 g/mol. The summed E-state index contributed by atoms with van der Waals surface area (Å²) >= 11 is 0. The zero-order valence-electron chi connectivity index (χ0n) is 12.5. The molecule has 2 saturated heterocycles. The van der Waals surface area contributed by atoms with Gasteiger partial charge in [0.05, 0.1) is 0 Å². The molecule has 0 aromatic heterocycles. The van der Waals surface area contributed by atoms with Crippen LogP contribution in [0.15, 0.2) is 0 Å². The zero-order chi connectivity index (χ0) is 13.7. The molecular formula is C15H29N3O. The summed E-state index contributed by atoms with van der Waals surface area (Å²) in [7, 11) is 0. The molecule has 0 aliphatic carbocycles. The molecule has 2 aliphatic rings. The normalized spacial score (nSPS) is 23.0. The summed E-state index contributed by atoms with van der Waals surface area (Å²) in [6, 6.07) is 0. The number of likely N-dealkylation sites (tertiary alicyclic amines) is 1. The van der Waals surface area contributed by atoms with E-state index >= 15 is 0 Å². The highest BCUT2D eigenvalue weighted by Crippen LogP contribution is 2.24. The van der Waals surface area contributed by atoms with Crippen molar-refractivity contribution in [2.45, 2.75) is 33.1 Å². The number of hydrogen-bond acceptors (Lipinski definition) is 3. The molecule has 2 rings (SSSR count). The molecule has 0 saturated carbocycles. The summed E-state index contributed by atoms with van der Waals surface area (Å²) in [4.78, 5) is 16.6. The Morgan fingerprint density at radius 2 is 1.79 bits per heavy atom. The highest BCUT2D eigenvalue weighted by molar-refractivity contribution is 5.76. The predicted octanol–water partition coefficient (Wildman–Crippen LogP) is 1.18. The maximum Gasteiger partial charge on any atom is 0.223 e. The first-order chi connectivity index (χ1) is 9.16. The Morgan fingerprint density at radius 1 is 1.16 bits per heavy atom. The third-order valence-electron chi connectivity index (χ3n) is 4.69. The molecule has 1 amide bonds. The van der Waals surface area contributed by atoms with Gasteiger partial charge in [-0.2, -0.15) is 0 Å². The molecule has 0 unspecified atom stereocenters.